The van der Waals surface area contributed by atoms with Gasteiger partial charge in [-0.25, -0.2) is 9.18 Å². The second-order valence-corrected chi connectivity index (χ2v) is 8.73. The molecule has 1 aromatic carbocycles. The van der Waals surface area contributed by atoms with Crippen molar-refractivity contribution < 1.29 is 31.9 Å². The molecule has 0 bridgehead atoms. The SMILES string of the molecule is CNC(=O)c1cc(Oc2ccc(NC(=O)NC3(C)CC=C(Cl)C(C(F)(F)F)C3C)c(F)c2)ccn1. The molecule has 2 aromatic rings. The van der Waals surface area contributed by atoms with Crippen molar-refractivity contribution >= 4 is 29.2 Å². The Balaban J connectivity index is 1.69. The van der Waals surface area contributed by atoms with Gasteiger partial charge in [0.25, 0.3) is 5.91 Å². The number of pyridine rings is 1. The summed E-state index contributed by atoms with van der Waals surface area (Å²) in [5.74, 6) is -3.92. The Labute approximate surface area is 203 Å². The van der Waals surface area contributed by atoms with Gasteiger partial charge in [-0.1, -0.05) is 24.6 Å². The first-order valence-corrected chi connectivity index (χ1v) is 10.9. The Bertz CT molecular complexity index is 1160. The second-order valence-electron chi connectivity index (χ2n) is 8.30. The van der Waals surface area contributed by atoms with Crippen LogP contribution in [0, 0.1) is 17.7 Å². The van der Waals surface area contributed by atoms with E-state index < -0.39 is 41.3 Å². The minimum Gasteiger partial charge on any atom is -0.457 e. The van der Waals surface area contributed by atoms with Gasteiger partial charge in [0.15, 0.2) is 0 Å². The van der Waals surface area contributed by atoms with Gasteiger partial charge < -0.3 is 20.7 Å². The number of carbonyl (C=O) groups is 2. The highest BCUT2D eigenvalue weighted by Gasteiger charge is 2.53. The van der Waals surface area contributed by atoms with Gasteiger partial charge in [0, 0.05) is 35.9 Å². The number of nitrogens with one attached hydrogen (secondary N) is 3. The molecule has 188 valence electrons. The highest BCUT2D eigenvalue weighted by atomic mass is 35.5. The van der Waals surface area contributed by atoms with E-state index in [1.807, 2.05) is 0 Å². The summed E-state index contributed by atoms with van der Waals surface area (Å²) < 4.78 is 60.5. The number of hydrogen-bond acceptors (Lipinski definition) is 4. The van der Waals surface area contributed by atoms with Crippen molar-refractivity contribution in [3.63, 3.8) is 0 Å². The molecule has 12 heteroatoms. The molecule has 3 N–H and O–H groups in total. The minimum atomic E-state index is -4.58. The predicted molar refractivity (Wildman–Crippen MR) is 122 cm³/mol. The average Bonchev–Trinajstić information content (AvgIpc) is 2.77. The first-order valence-electron chi connectivity index (χ1n) is 10.5. The van der Waals surface area contributed by atoms with E-state index in [0.717, 1.165) is 6.07 Å². The molecule has 3 atom stereocenters. The van der Waals surface area contributed by atoms with Crippen LogP contribution in [0.3, 0.4) is 0 Å². The van der Waals surface area contributed by atoms with E-state index in [-0.39, 0.29) is 34.3 Å². The van der Waals surface area contributed by atoms with E-state index in [1.165, 1.54) is 57.4 Å². The smallest absolute Gasteiger partial charge is 0.396 e. The Morgan fingerprint density at radius 2 is 1.89 bits per heavy atom. The van der Waals surface area contributed by atoms with Crippen LogP contribution < -0.4 is 20.7 Å². The van der Waals surface area contributed by atoms with Crippen LogP contribution in [0.4, 0.5) is 28.0 Å². The summed E-state index contributed by atoms with van der Waals surface area (Å²) in [6, 6.07) is 5.62. The summed E-state index contributed by atoms with van der Waals surface area (Å²) in [5.41, 5.74) is -1.37. The molecule has 0 radical (unpaired) electrons. The first kappa shape index (κ1) is 26.3. The number of carbonyl (C=O) groups excluding carboxylic acids is 2. The second kappa shape index (κ2) is 10.1. The maximum atomic E-state index is 14.6. The van der Waals surface area contributed by atoms with E-state index in [2.05, 4.69) is 20.9 Å². The van der Waals surface area contributed by atoms with Gasteiger partial charge in [-0.15, -0.1) is 0 Å². The zero-order chi connectivity index (χ0) is 26.0. The van der Waals surface area contributed by atoms with E-state index in [4.69, 9.17) is 16.3 Å². The lowest BCUT2D eigenvalue weighted by atomic mass is 9.71. The number of nitrogens with zero attached hydrogens (tertiary/aromatic N) is 1. The highest BCUT2D eigenvalue weighted by molar-refractivity contribution is 6.30. The van der Waals surface area contributed by atoms with Crippen molar-refractivity contribution in [2.24, 2.45) is 11.8 Å². The summed E-state index contributed by atoms with van der Waals surface area (Å²) in [6.07, 6.45) is -1.91. The molecule has 0 saturated heterocycles. The Morgan fingerprint density at radius 1 is 1.20 bits per heavy atom. The zero-order valence-corrected chi connectivity index (χ0v) is 19.7. The lowest BCUT2D eigenvalue weighted by Crippen LogP contribution is -2.57. The molecule has 35 heavy (non-hydrogen) atoms. The number of alkyl halides is 3. The van der Waals surface area contributed by atoms with Crippen LogP contribution in [-0.2, 0) is 0 Å². The van der Waals surface area contributed by atoms with Gasteiger partial charge in [0.05, 0.1) is 11.6 Å². The quantitative estimate of drug-likeness (QED) is 0.453. The van der Waals surface area contributed by atoms with E-state index in [9.17, 15) is 27.2 Å². The summed E-state index contributed by atoms with van der Waals surface area (Å²) >= 11 is 5.81. The van der Waals surface area contributed by atoms with Gasteiger partial charge in [0.1, 0.15) is 23.0 Å². The van der Waals surface area contributed by atoms with Crippen LogP contribution in [0.25, 0.3) is 0 Å². The molecule has 3 rings (SSSR count). The Hall–Kier alpha value is -3.34. The fourth-order valence-electron chi connectivity index (χ4n) is 3.77. The largest absolute Gasteiger partial charge is 0.457 e. The average molecular weight is 515 g/mol. The highest BCUT2D eigenvalue weighted by Crippen LogP contribution is 2.47. The molecular formula is C23H23ClF4N4O3. The Kier molecular flexibility index (Phi) is 7.59. The number of urea groups is 1. The van der Waals surface area contributed by atoms with Gasteiger partial charge >= 0.3 is 12.2 Å². The standard InChI is InChI=1S/C23H23ClF4N4O3/c1-12-19(23(26,27)28)15(24)6-8-22(12,2)32-21(34)31-17-5-4-13(10-16(17)25)35-14-7-9-30-18(11-14)20(33)29-3/h4-7,9-12,19H,8H2,1-3H3,(H,29,33)(H2,31,32,34). The van der Waals surface area contributed by atoms with Crippen LogP contribution in [0.1, 0.15) is 30.8 Å². The molecule has 0 aliphatic heterocycles. The van der Waals surface area contributed by atoms with Gasteiger partial charge in [-0.2, -0.15) is 13.2 Å². The number of ether oxygens (including phenoxy) is 1. The zero-order valence-electron chi connectivity index (χ0n) is 19.0. The van der Waals surface area contributed by atoms with Crippen LogP contribution in [0.2, 0.25) is 0 Å². The molecule has 1 aliphatic rings. The fraction of sp³-hybridized carbons (Fsp3) is 0.348. The monoisotopic (exact) mass is 514 g/mol. The van der Waals surface area contributed by atoms with Crippen molar-refractivity contribution in [1.82, 2.24) is 15.6 Å². The number of aromatic nitrogens is 1. The van der Waals surface area contributed by atoms with E-state index >= 15 is 0 Å². The summed E-state index contributed by atoms with van der Waals surface area (Å²) in [6.45, 7) is 2.83. The van der Waals surface area contributed by atoms with Crippen molar-refractivity contribution in [3.8, 4) is 11.5 Å². The minimum absolute atomic E-state index is 0.0756. The first-order chi connectivity index (χ1) is 16.3. The summed E-state index contributed by atoms with van der Waals surface area (Å²) in [7, 11) is 1.45. The number of hydrogen-bond donors (Lipinski definition) is 3. The third-order valence-corrected chi connectivity index (χ3v) is 6.28. The molecule has 3 unspecified atom stereocenters. The molecule has 1 aliphatic carbocycles. The maximum absolute atomic E-state index is 14.6. The van der Waals surface area contributed by atoms with Crippen molar-refractivity contribution in [2.75, 3.05) is 12.4 Å². The predicted octanol–water partition coefficient (Wildman–Crippen LogP) is 5.59. The van der Waals surface area contributed by atoms with E-state index in [0.29, 0.717) is 0 Å². The van der Waals surface area contributed by atoms with Crippen LogP contribution in [0.15, 0.2) is 47.6 Å². The molecule has 0 fully saturated rings. The lowest BCUT2D eigenvalue weighted by Gasteiger charge is -2.43. The van der Waals surface area contributed by atoms with Gasteiger partial charge in [-0.05, 0) is 37.5 Å². The van der Waals surface area contributed by atoms with Gasteiger partial charge in [-0.3, -0.25) is 9.78 Å². The van der Waals surface area contributed by atoms with Crippen LogP contribution in [0.5, 0.6) is 11.5 Å². The normalized spacial score (nSPS) is 22.1. The fourth-order valence-corrected chi connectivity index (χ4v) is 4.16. The molecule has 0 spiro atoms. The third kappa shape index (κ3) is 6.02. The number of amides is 3. The number of rotatable bonds is 5. The number of anilines is 1. The molecule has 3 amide bonds. The molecule has 1 aromatic heterocycles. The molecule has 0 saturated carbocycles. The van der Waals surface area contributed by atoms with Crippen LogP contribution in [-0.4, -0.2) is 35.7 Å². The topological polar surface area (TPSA) is 92.4 Å². The van der Waals surface area contributed by atoms with Crippen molar-refractivity contribution in [2.45, 2.75) is 32.0 Å². The van der Waals surface area contributed by atoms with E-state index in [1.54, 1.807) is 0 Å². The van der Waals surface area contributed by atoms with Crippen LogP contribution >= 0.6 is 11.6 Å². The van der Waals surface area contributed by atoms with Crippen molar-refractivity contribution in [3.05, 3.63) is 59.1 Å². The molecule has 1 heterocycles. The number of allylic oxidation sites excluding steroid dienone is 1. The Morgan fingerprint density at radius 3 is 2.51 bits per heavy atom. The maximum Gasteiger partial charge on any atom is 0.396 e. The summed E-state index contributed by atoms with van der Waals surface area (Å²) in [5, 5.41) is 6.94. The lowest BCUT2D eigenvalue weighted by molar-refractivity contribution is -0.182. The molecular weight excluding hydrogens is 492 g/mol. The summed E-state index contributed by atoms with van der Waals surface area (Å²) in [4.78, 5) is 28.1. The molecule has 7 nitrogen and oxygen atoms in total. The van der Waals surface area contributed by atoms with Crippen molar-refractivity contribution in [1.29, 1.82) is 0 Å². The van der Waals surface area contributed by atoms with Gasteiger partial charge in [0.2, 0.25) is 0 Å². The number of halogens is 5. The third-order valence-electron chi connectivity index (χ3n) is 5.89. The number of benzene rings is 1.